The number of likely N-dealkylation sites (N-methyl/N-ethyl adjacent to an activating group) is 1. The number of nitrogens with one attached hydrogen (secondary N) is 1. The van der Waals surface area contributed by atoms with E-state index >= 15 is 0 Å². The van der Waals surface area contributed by atoms with Gasteiger partial charge in [-0.2, -0.15) is 0 Å². The molecule has 3 heteroatoms. The molecule has 0 bridgehead atoms. The predicted octanol–water partition coefficient (Wildman–Crippen LogP) is 3.47. The van der Waals surface area contributed by atoms with Crippen molar-refractivity contribution in [3.63, 3.8) is 0 Å². The smallest absolute Gasteiger partial charge is 0.176 e. The Labute approximate surface area is 117 Å². The van der Waals surface area contributed by atoms with Crippen LogP contribution in [0.2, 0.25) is 0 Å². The van der Waals surface area contributed by atoms with Crippen molar-refractivity contribution in [2.75, 3.05) is 20.3 Å². The van der Waals surface area contributed by atoms with Gasteiger partial charge < -0.3 is 14.8 Å². The van der Waals surface area contributed by atoms with Gasteiger partial charge in [-0.1, -0.05) is 38.1 Å². The third-order valence-corrected chi connectivity index (χ3v) is 3.21. The van der Waals surface area contributed by atoms with Crippen LogP contribution < -0.4 is 5.32 Å². The molecule has 108 valence electrons. The average Bonchev–Trinajstić information content (AvgIpc) is 2.40. The van der Waals surface area contributed by atoms with Crippen LogP contribution in [-0.2, 0) is 9.47 Å². The van der Waals surface area contributed by atoms with Crippen LogP contribution in [0.25, 0.3) is 0 Å². The lowest BCUT2D eigenvalue weighted by Gasteiger charge is -2.27. The van der Waals surface area contributed by atoms with Crippen LogP contribution in [-0.4, -0.2) is 26.6 Å². The summed E-state index contributed by atoms with van der Waals surface area (Å²) in [6.07, 6.45) is -0.245. The number of hydrogen-bond donors (Lipinski definition) is 1. The lowest BCUT2D eigenvalue weighted by molar-refractivity contribution is -0.154. The lowest BCUT2D eigenvalue weighted by atomic mass is 9.99. The zero-order valence-electron chi connectivity index (χ0n) is 12.8. The van der Waals surface area contributed by atoms with Gasteiger partial charge in [-0.15, -0.1) is 0 Å². The molecule has 1 atom stereocenters. The largest absolute Gasteiger partial charge is 0.351 e. The molecular formula is C16H27NO2. The molecule has 0 radical (unpaired) electrons. The van der Waals surface area contributed by atoms with E-state index in [1.165, 1.54) is 11.1 Å². The SMILES string of the molecule is CCOC(OCC)C(NC)c1ccc(C(C)C)cc1. The van der Waals surface area contributed by atoms with Gasteiger partial charge in [0, 0.05) is 13.2 Å². The summed E-state index contributed by atoms with van der Waals surface area (Å²) in [5, 5.41) is 3.29. The van der Waals surface area contributed by atoms with Gasteiger partial charge in [-0.05, 0) is 37.9 Å². The van der Waals surface area contributed by atoms with Gasteiger partial charge in [0.15, 0.2) is 6.29 Å². The first-order valence-corrected chi connectivity index (χ1v) is 7.14. The summed E-state index contributed by atoms with van der Waals surface area (Å²) < 4.78 is 11.4. The summed E-state index contributed by atoms with van der Waals surface area (Å²) in [7, 11) is 1.94. The fourth-order valence-electron chi connectivity index (χ4n) is 2.12. The van der Waals surface area contributed by atoms with Gasteiger partial charge in [-0.3, -0.25) is 0 Å². The van der Waals surface area contributed by atoms with Crippen molar-refractivity contribution in [3.05, 3.63) is 35.4 Å². The van der Waals surface area contributed by atoms with Crippen molar-refractivity contribution in [2.45, 2.75) is 45.9 Å². The molecule has 0 aliphatic heterocycles. The van der Waals surface area contributed by atoms with Crippen LogP contribution in [0.1, 0.15) is 50.8 Å². The first kappa shape index (κ1) is 16.2. The summed E-state index contributed by atoms with van der Waals surface area (Å²) in [4.78, 5) is 0. The van der Waals surface area contributed by atoms with Crippen LogP contribution >= 0.6 is 0 Å². The molecular weight excluding hydrogens is 238 g/mol. The van der Waals surface area contributed by atoms with Gasteiger partial charge in [0.25, 0.3) is 0 Å². The average molecular weight is 265 g/mol. The summed E-state index contributed by atoms with van der Waals surface area (Å²) in [5.74, 6) is 0.552. The molecule has 0 saturated carbocycles. The van der Waals surface area contributed by atoms with Gasteiger partial charge in [-0.25, -0.2) is 0 Å². The first-order chi connectivity index (χ1) is 9.13. The molecule has 0 heterocycles. The Morgan fingerprint density at radius 1 is 0.947 bits per heavy atom. The molecule has 0 fully saturated rings. The molecule has 0 amide bonds. The maximum absolute atomic E-state index is 5.68. The standard InChI is InChI=1S/C16H27NO2/c1-6-18-16(19-7-2)15(17-5)14-10-8-13(9-11-14)12(3)4/h8-12,15-17H,6-7H2,1-5H3. The Kier molecular flexibility index (Phi) is 7.06. The van der Waals surface area contributed by atoms with E-state index in [1.54, 1.807) is 0 Å². The second kappa shape index (κ2) is 8.31. The molecule has 1 N–H and O–H groups in total. The van der Waals surface area contributed by atoms with Crippen LogP contribution in [0.5, 0.6) is 0 Å². The second-order valence-corrected chi connectivity index (χ2v) is 4.87. The highest BCUT2D eigenvalue weighted by Gasteiger charge is 2.22. The van der Waals surface area contributed by atoms with E-state index in [9.17, 15) is 0 Å². The minimum Gasteiger partial charge on any atom is -0.351 e. The van der Waals surface area contributed by atoms with Gasteiger partial charge in [0.2, 0.25) is 0 Å². The van der Waals surface area contributed by atoms with Crippen molar-refractivity contribution in [2.24, 2.45) is 0 Å². The minimum atomic E-state index is -0.245. The van der Waals surface area contributed by atoms with Crippen LogP contribution in [0.3, 0.4) is 0 Å². The van der Waals surface area contributed by atoms with Crippen LogP contribution in [0.15, 0.2) is 24.3 Å². The number of ether oxygens (including phenoxy) is 2. The molecule has 1 rings (SSSR count). The fraction of sp³-hybridized carbons (Fsp3) is 0.625. The Bertz CT molecular complexity index is 342. The van der Waals surface area contributed by atoms with E-state index in [0.29, 0.717) is 19.1 Å². The van der Waals surface area contributed by atoms with E-state index in [-0.39, 0.29) is 12.3 Å². The highest BCUT2D eigenvalue weighted by Crippen LogP contribution is 2.23. The fourth-order valence-corrected chi connectivity index (χ4v) is 2.12. The van der Waals surface area contributed by atoms with Crippen LogP contribution in [0, 0.1) is 0 Å². The van der Waals surface area contributed by atoms with Crippen molar-refractivity contribution in [3.8, 4) is 0 Å². The molecule has 0 spiro atoms. The first-order valence-electron chi connectivity index (χ1n) is 7.14. The third kappa shape index (κ3) is 4.60. The van der Waals surface area contributed by atoms with Crippen LogP contribution in [0.4, 0.5) is 0 Å². The van der Waals surface area contributed by atoms with Crippen molar-refractivity contribution >= 4 is 0 Å². The molecule has 0 aromatic heterocycles. The molecule has 1 aromatic carbocycles. The molecule has 1 unspecified atom stereocenters. The zero-order chi connectivity index (χ0) is 14.3. The normalized spacial score (nSPS) is 13.2. The Hall–Kier alpha value is -0.900. The zero-order valence-corrected chi connectivity index (χ0v) is 12.8. The molecule has 19 heavy (non-hydrogen) atoms. The number of rotatable bonds is 8. The highest BCUT2D eigenvalue weighted by molar-refractivity contribution is 5.27. The predicted molar refractivity (Wildman–Crippen MR) is 79.4 cm³/mol. The van der Waals surface area contributed by atoms with E-state index in [0.717, 1.165) is 0 Å². The summed E-state index contributed by atoms with van der Waals surface area (Å²) >= 11 is 0. The minimum absolute atomic E-state index is 0.0566. The van der Waals surface area contributed by atoms with Gasteiger partial charge in [0.05, 0.1) is 6.04 Å². The quantitative estimate of drug-likeness (QED) is 0.730. The molecule has 0 saturated heterocycles. The molecule has 0 aliphatic carbocycles. The monoisotopic (exact) mass is 265 g/mol. The second-order valence-electron chi connectivity index (χ2n) is 4.87. The van der Waals surface area contributed by atoms with Crippen molar-refractivity contribution in [1.82, 2.24) is 5.32 Å². The maximum Gasteiger partial charge on any atom is 0.176 e. The van der Waals surface area contributed by atoms with E-state index in [2.05, 4.69) is 43.4 Å². The van der Waals surface area contributed by atoms with Gasteiger partial charge >= 0.3 is 0 Å². The molecule has 0 aliphatic rings. The Morgan fingerprint density at radius 3 is 1.79 bits per heavy atom. The summed E-state index contributed by atoms with van der Waals surface area (Å²) in [6.45, 7) is 9.67. The van der Waals surface area contributed by atoms with E-state index in [4.69, 9.17) is 9.47 Å². The van der Waals surface area contributed by atoms with E-state index in [1.807, 2.05) is 20.9 Å². The lowest BCUT2D eigenvalue weighted by Crippen LogP contribution is -2.34. The Morgan fingerprint density at radius 2 is 1.42 bits per heavy atom. The Balaban J connectivity index is 2.87. The van der Waals surface area contributed by atoms with Crippen molar-refractivity contribution < 1.29 is 9.47 Å². The van der Waals surface area contributed by atoms with E-state index < -0.39 is 0 Å². The van der Waals surface area contributed by atoms with Crippen molar-refractivity contribution in [1.29, 1.82) is 0 Å². The summed E-state index contributed by atoms with van der Waals surface area (Å²) in [6, 6.07) is 8.72. The number of hydrogen-bond acceptors (Lipinski definition) is 3. The molecule has 3 nitrogen and oxygen atoms in total. The topological polar surface area (TPSA) is 30.5 Å². The summed E-state index contributed by atoms with van der Waals surface area (Å²) in [5.41, 5.74) is 2.54. The maximum atomic E-state index is 5.68. The highest BCUT2D eigenvalue weighted by atomic mass is 16.7. The third-order valence-electron chi connectivity index (χ3n) is 3.21. The number of benzene rings is 1. The van der Waals surface area contributed by atoms with Gasteiger partial charge in [0.1, 0.15) is 0 Å². The molecule has 1 aromatic rings.